The monoisotopic (exact) mass is 456 g/mol. The van der Waals surface area contributed by atoms with Gasteiger partial charge in [0, 0.05) is 47.2 Å². The summed E-state index contributed by atoms with van der Waals surface area (Å²) in [6, 6.07) is 2.17. The van der Waals surface area contributed by atoms with E-state index in [1.165, 1.54) is 6.20 Å². The van der Waals surface area contributed by atoms with Crippen molar-refractivity contribution in [2.45, 2.75) is 39.7 Å². The molecule has 0 amide bonds. The molecule has 0 radical (unpaired) electrons. The molecule has 0 saturated heterocycles. The molecule has 0 unspecified atom stereocenters. The first-order valence-corrected chi connectivity index (χ1v) is 11.3. The Balaban J connectivity index is 1.71. The molecule has 34 heavy (non-hydrogen) atoms. The molecule has 0 fully saturated rings. The number of hydrogen-bond acceptors (Lipinski definition) is 5. The zero-order valence-corrected chi connectivity index (χ0v) is 19.7. The van der Waals surface area contributed by atoms with Crippen LogP contribution < -0.4 is 11.1 Å². The van der Waals surface area contributed by atoms with Crippen LogP contribution in [0.2, 0.25) is 0 Å². The minimum Gasteiger partial charge on any atom is -0.383 e. The van der Waals surface area contributed by atoms with E-state index in [2.05, 4.69) is 50.1 Å². The Labute approximate surface area is 198 Å². The van der Waals surface area contributed by atoms with E-state index in [0.29, 0.717) is 28.2 Å². The summed E-state index contributed by atoms with van der Waals surface area (Å²) < 4.78 is 15.7. The van der Waals surface area contributed by atoms with Crippen LogP contribution in [0.25, 0.3) is 22.3 Å². The normalized spacial score (nSPS) is 14.2. The number of pyridine rings is 2. The lowest BCUT2D eigenvalue weighted by atomic mass is 10.0. The van der Waals surface area contributed by atoms with E-state index in [9.17, 15) is 0 Å². The Kier molecular flexibility index (Phi) is 6.72. The summed E-state index contributed by atoms with van der Waals surface area (Å²) in [5, 5.41) is 3.30. The second kappa shape index (κ2) is 9.87. The third-order valence-electron chi connectivity index (χ3n) is 5.62. The van der Waals surface area contributed by atoms with Crippen LogP contribution in [0, 0.1) is 5.82 Å². The van der Waals surface area contributed by atoms with Crippen molar-refractivity contribution >= 4 is 28.1 Å². The molecule has 7 heteroatoms. The van der Waals surface area contributed by atoms with Gasteiger partial charge in [0.1, 0.15) is 17.5 Å². The number of fused-ring (bicyclic) bond motifs is 1. The average Bonchev–Trinajstić information content (AvgIpc) is 3.49. The number of rotatable bonds is 8. The molecular weight excluding hydrogens is 427 g/mol. The van der Waals surface area contributed by atoms with Crippen LogP contribution in [0.3, 0.4) is 0 Å². The topological polar surface area (TPSA) is 92.5 Å². The Morgan fingerprint density at radius 3 is 2.85 bits per heavy atom. The molecule has 0 spiro atoms. The molecule has 1 aliphatic rings. The molecule has 3 aromatic rings. The molecule has 4 rings (SSSR count). The van der Waals surface area contributed by atoms with Gasteiger partial charge in [0.25, 0.3) is 0 Å². The highest BCUT2D eigenvalue weighted by molar-refractivity contribution is 5.91. The van der Waals surface area contributed by atoms with Crippen molar-refractivity contribution in [1.82, 2.24) is 25.3 Å². The smallest absolute Gasteiger partial charge is 0.178 e. The Morgan fingerprint density at radius 2 is 2.18 bits per heavy atom. The summed E-state index contributed by atoms with van der Waals surface area (Å²) in [6.07, 6.45) is 16.0. The standard InChI is InChI=1S/C27H29FN6/c1-5-17(13-19(6-2)32-16(3)4)22-15-31-26(29)21(24(22)28)14-23-33-25-20(18-9-7-8-10-18)11-12-30-27(25)34-23/h5-7,9-13,15-16,32H,2,8,14H2,1,3-4H3,(H2,29,31)(H,30,33,34)/b17-5+,19-13+. The van der Waals surface area contributed by atoms with Crippen molar-refractivity contribution in [3.05, 3.63) is 95.5 Å². The van der Waals surface area contributed by atoms with Gasteiger partial charge in [0.2, 0.25) is 0 Å². The van der Waals surface area contributed by atoms with E-state index >= 15 is 4.39 Å². The first kappa shape index (κ1) is 23.2. The van der Waals surface area contributed by atoms with Gasteiger partial charge >= 0.3 is 0 Å². The number of allylic oxidation sites excluding steroid dienone is 8. The number of halogens is 1. The average molecular weight is 457 g/mol. The fourth-order valence-corrected chi connectivity index (χ4v) is 4.00. The summed E-state index contributed by atoms with van der Waals surface area (Å²) in [7, 11) is 0. The van der Waals surface area contributed by atoms with Gasteiger partial charge in [-0.1, -0.05) is 30.9 Å². The number of nitrogens with zero attached hydrogens (tertiary/aromatic N) is 3. The van der Waals surface area contributed by atoms with Gasteiger partial charge in [-0.2, -0.15) is 0 Å². The second-order valence-electron chi connectivity index (χ2n) is 8.41. The highest BCUT2D eigenvalue weighted by atomic mass is 19.1. The lowest BCUT2D eigenvalue weighted by Gasteiger charge is -2.14. The zero-order chi connectivity index (χ0) is 24.2. The van der Waals surface area contributed by atoms with Crippen molar-refractivity contribution in [2.24, 2.45) is 0 Å². The van der Waals surface area contributed by atoms with Crippen molar-refractivity contribution in [1.29, 1.82) is 0 Å². The zero-order valence-electron chi connectivity index (χ0n) is 19.7. The number of nitrogen functional groups attached to an aromatic ring is 1. The minimum atomic E-state index is -0.417. The Morgan fingerprint density at radius 1 is 1.35 bits per heavy atom. The van der Waals surface area contributed by atoms with Crippen molar-refractivity contribution in [3.8, 4) is 0 Å². The van der Waals surface area contributed by atoms with Gasteiger partial charge in [0.15, 0.2) is 5.65 Å². The predicted octanol–water partition coefficient (Wildman–Crippen LogP) is 5.48. The number of imidazole rings is 1. The van der Waals surface area contributed by atoms with Gasteiger partial charge < -0.3 is 16.0 Å². The molecule has 0 saturated carbocycles. The third-order valence-corrected chi connectivity index (χ3v) is 5.62. The van der Waals surface area contributed by atoms with Crippen molar-refractivity contribution < 1.29 is 4.39 Å². The van der Waals surface area contributed by atoms with E-state index in [1.54, 1.807) is 12.3 Å². The minimum absolute atomic E-state index is 0.139. The largest absolute Gasteiger partial charge is 0.383 e. The first-order valence-electron chi connectivity index (χ1n) is 11.3. The molecule has 6 nitrogen and oxygen atoms in total. The Hall–Kier alpha value is -4.00. The van der Waals surface area contributed by atoms with E-state index < -0.39 is 5.82 Å². The van der Waals surface area contributed by atoms with Crippen LogP contribution in [-0.2, 0) is 6.42 Å². The first-order chi connectivity index (χ1) is 16.4. The second-order valence-corrected chi connectivity index (χ2v) is 8.41. The van der Waals surface area contributed by atoms with Gasteiger partial charge in [-0.3, -0.25) is 0 Å². The highest BCUT2D eigenvalue weighted by Crippen LogP contribution is 2.29. The number of nitrogens with two attached hydrogens (primary N) is 1. The van der Waals surface area contributed by atoms with E-state index in [-0.39, 0.29) is 18.3 Å². The maximum absolute atomic E-state index is 15.7. The van der Waals surface area contributed by atoms with E-state index in [1.807, 2.05) is 39.0 Å². The highest BCUT2D eigenvalue weighted by Gasteiger charge is 2.19. The summed E-state index contributed by atoms with van der Waals surface area (Å²) in [4.78, 5) is 16.6. The van der Waals surface area contributed by atoms with Crippen LogP contribution in [0.4, 0.5) is 10.2 Å². The van der Waals surface area contributed by atoms with Gasteiger partial charge in [0.05, 0.1) is 5.52 Å². The fraction of sp³-hybridized carbons (Fsp3) is 0.222. The van der Waals surface area contributed by atoms with E-state index in [0.717, 1.165) is 28.8 Å². The molecular formula is C27H29FN6. The SMILES string of the molecule is C=C/C(=C\C(=C/C)c1cnc(N)c(Cc2nc3nccc(C4=CCC=C4)c3[nH]2)c1F)NC(C)C. The number of H-pyrrole nitrogens is 1. The van der Waals surface area contributed by atoms with Crippen LogP contribution >= 0.6 is 0 Å². The summed E-state index contributed by atoms with van der Waals surface area (Å²) in [6.45, 7) is 9.77. The van der Waals surface area contributed by atoms with Crippen LogP contribution in [0.15, 0.2) is 67.2 Å². The summed E-state index contributed by atoms with van der Waals surface area (Å²) in [5.41, 5.74) is 11.8. The van der Waals surface area contributed by atoms with Crippen LogP contribution in [-0.4, -0.2) is 26.0 Å². The number of aromatic nitrogens is 4. The molecule has 4 N–H and O–H groups in total. The molecule has 1 aliphatic carbocycles. The molecule has 3 heterocycles. The number of aromatic amines is 1. The maximum atomic E-state index is 15.7. The number of nitrogens with one attached hydrogen (secondary N) is 2. The predicted molar refractivity (Wildman–Crippen MR) is 137 cm³/mol. The van der Waals surface area contributed by atoms with Gasteiger partial charge in [-0.25, -0.2) is 19.3 Å². The van der Waals surface area contributed by atoms with Crippen LogP contribution in [0.1, 0.15) is 49.7 Å². The van der Waals surface area contributed by atoms with Crippen molar-refractivity contribution in [2.75, 3.05) is 5.73 Å². The Bertz CT molecular complexity index is 1360. The van der Waals surface area contributed by atoms with Gasteiger partial charge in [-0.05, 0) is 56.6 Å². The molecule has 174 valence electrons. The quantitative estimate of drug-likeness (QED) is 0.390. The fourth-order valence-electron chi connectivity index (χ4n) is 4.00. The third kappa shape index (κ3) is 4.69. The van der Waals surface area contributed by atoms with E-state index in [4.69, 9.17) is 5.73 Å². The molecule has 0 atom stereocenters. The van der Waals surface area contributed by atoms with Crippen molar-refractivity contribution in [3.63, 3.8) is 0 Å². The molecule has 3 aromatic heterocycles. The lowest BCUT2D eigenvalue weighted by Crippen LogP contribution is -2.20. The van der Waals surface area contributed by atoms with Gasteiger partial charge in [-0.15, -0.1) is 0 Å². The summed E-state index contributed by atoms with van der Waals surface area (Å²) >= 11 is 0. The molecule has 0 bridgehead atoms. The number of hydrogen-bond donors (Lipinski definition) is 3. The number of anilines is 1. The molecule has 0 aliphatic heterocycles. The maximum Gasteiger partial charge on any atom is 0.178 e. The summed E-state index contributed by atoms with van der Waals surface area (Å²) in [5.74, 6) is 0.299. The van der Waals surface area contributed by atoms with Crippen LogP contribution in [0.5, 0.6) is 0 Å². The molecule has 0 aromatic carbocycles. The lowest BCUT2D eigenvalue weighted by molar-refractivity contribution is 0.607.